The largest absolute Gasteiger partial charge is 0.395 e. The highest BCUT2D eigenvalue weighted by atomic mass is 79.9. The first kappa shape index (κ1) is 13.1. The molecule has 0 saturated carbocycles. The maximum Gasteiger partial charge on any atom is 0.226 e. The summed E-state index contributed by atoms with van der Waals surface area (Å²) in [4.78, 5) is 13.0. The number of aliphatic hydroxyl groups excluding tert-OH is 1. The monoisotopic (exact) mass is 289 g/mol. The van der Waals surface area contributed by atoms with E-state index in [1.165, 1.54) is 11.0 Å². The standard InChI is InChI=1S/C11H13BrFNO2/c1-14(4-5-15)11(16)7-8-2-3-10(13)9(12)6-8/h2-3,6,15H,4-5,7H2,1H3. The molecule has 0 aliphatic rings. The number of hydrogen-bond donors (Lipinski definition) is 1. The fourth-order valence-electron chi connectivity index (χ4n) is 1.23. The number of likely N-dealkylation sites (N-methyl/N-ethyl adjacent to an activating group) is 1. The molecule has 88 valence electrons. The summed E-state index contributed by atoms with van der Waals surface area (Å²) in [6.45, 7) is 0.247. The SMILES string of the molecule is CN(CCO)C(=O)Cc1ccc(F)c(Br)c1. The van der Waals surface area contributed by atoms with Gasteiger partial charge in [0, 0.05) is 13.6 Å². The molecule has 0 saturated heterocycles. The molecule has 1 aromatic rings. The Kier molecular flexibility index (Phi) is 4.89. The third-order valence-corrected chi connectivity index (χ3v) is 2.81. The van der Waals surface area contributed by atoms with Crippen LogP contribution in [0.15, 0.2) is 22.7 Å². The third-order valence-electron chi connectivity index (χ3n) is 2.20. The fraction of sp³-hybridized carbons (Fsp3) is 0.364. The van der Waals surface area contributed by atoms with Gasteiger partial charge in [-0.1, -0.05) is 6.07 Å². The maximum absolute atomic E-state index is 12.9. The highest BCUT2D eigenvalue weighted by Crippen LogP contribution is 2.17. The van der Waals surface area contributed by atoms with Crippen LogP contribution in [0.3, 0.4) is 0 Å². The minimum Gasteiger partial charge on any atom is -0.395 e. The van der Waals surface area contributed by atoms with Crippen LogP contribution in [0, 0.1) is 5.82 Å². The highest BCUT2D eigenvalue weighted by Gasteiger charge is 2.10. The molecular weight excluding hydrogens is 277 g/mol. The zero-order valence-corrected chi connectivity index (χ0v) is 10.5. The highest BCUT2D eigenvalue weighted by molar-refractivity contribution is 9.10. The Morgan fingerprint density at radius 1 is 1.56 bits per heavy atom. The van der Waals surface area contributed by atoms with Crippen LogP contribution < -0.4 is 0 Å². The lowest BCUT2D eigenvalue weighted by Crippen LogP contribution is -2.30. The second kappa shape index (κ2) is 5.96. The fourth-order valence-corrected chi connectivity index (χ4v) is 1.66. The zero-order valence-electron chi connectivity index (χ0n) is 8.91. The summed E-state index contributed by atoms with van der Waals surface area (Å²) in [5.41, 5.74) is 0.739. The molecule has 0 aliphatic carbocycles. The summed E-state index contributed by atoms with van der Waals surface area (Å²) < 4.78 is 13.3. The molecule has 0 aliphatic heterocycles. The zero-order chi connectivity index (χ0) is 12.1. The van der Waals surface area contributed by atoms with Crippen molar-refractivity contribution in [1.82, 2.24) is 4.90 Å². The molecule has 0 atom stereocenters. The molecule has 0 fully saturated rings. The van der Waals surface area contributed by atoms with Crippen molar-refractivity contribution in [3.8, 4) is 0 Å². The van der Waals surface area contributed by atoms with Gasteiger partial charge in [-0.2, -0.15) is 0 Å². The topological polar surface area (TPSA) is 40.5 Å². The molecule has 0 spiro atoms. The molecule has 1 amide bonds. The predicted molar refractivity (Wildman–Crippen MR) is 62.5 cm³/mol. The molecule has 1 N–H and O–H groups in total. The molecule has 0 radical (unpaired) electrons. The number of nitrogens with zero attached hydrogens (tertiary/aromatic N) is 1. The maximum atomic E-state index is 12.9. The molecule has 5 heteroatoms. The van der Waals surface area contributed by atoms with Gasteiger partial charge in [-0.3, -0.25) is 4.79 Å². The van der Waals surface area contributed by atoms with Gasteiger partial charge in [-0.05, 0) is 33.6 Å². The van der Waals surface area contributed by atoms with E-state index in [4.69, 9.17) is 5.11 Å². The van der Waals surface area contributed by atoms with Crippen molar-refractivity contribution in [3.05, 3.63) is 34.1 Å². The van der Waals surface area contributed by atoms with E-state index in [0.717, 1.165) is 5.56 Å². The summed E-state index contributed by atoms with van der Waals surface area (Å²) in [6, 6.07) is 4.48. The Morgan fingerprint density at radius 2 is 2.25 bits per heavy atom. The molecule has 0 bridgehead atoms. The van der Waals surface area contributed by atoms with Crippen molar-refractivity contribution < 1.29 is 14.3 Å². The molecule has 0 aromatic heterocycles. The lowest BCUT2D eigenvalue weighted by molar-refractivity contribution is -0.129. The van der Waals surface area contributed by atoms with Crippen LogP contribution in [0.5, 0.6) is 0 Å². The number of carbonyl (C=O) groups excluding carboxylic acids is 1. The average molecular weight is 290 g/mol. The van der Waals surface area contributed by atoms with Crippen molar-refractivity contribution in [2.45, 2.75) is 6.42 Å². The van der Waals surface area contributed by atoms with Gasteiger partial charge < -0.3 is 10.0 Å². The Balaban J connectivity index is 2.66. The minimum atomic E-state index is -0.347. The number of halogens is 2. The van der Waals surface area contributed by atoms with Gasteiger partial charge in [0.25, 0.3) is 0 Å². The summed E-state index contributed by atoms with van der Waals surface area (Å²) in [5.74, 6) is -0.451. The number of hydrogen-bond acceptors (Lipinski definition) is 2. The lowest BCUT2D eigenvalue weighted by atomic mass is 10.1. The molecule has 1 aromatic carbocycles. The quantitative estimate of drug-likeness (QED) is 0.914. The Hall–Kier alpha value is -0.940. The second-order valence-corrected chi connectivity index (χ2v) is 4.32. The van der Waals surface area contributed by atoms with E-state index in [1.54, 1.807) is 19.2 Å². The van der Waals surface area contributed by atoms with E-state index >= 15 is 0 Å². The van der Waals surface area contributed by atoms with Gasteiger partial charge in [0.05, 0.1) is 17.5 Å². The van der Waals surface area contributed by atoms with Gasteiger partial charge in [0.15, 0.2) is 0 Å². The van der Waals surface area contributed by atoms with E-state index in [2.05, 4.69) is 15.9 Å². The number of carbonyl (C=O) groups is 1. The predicted octanol–water partition coefficient (Wildman–Crippen LogP) is 1.58. The van der Waals surface area contributed by atoms with Crippen LogP contribution in [0.1, 0.15) is 5.56 Å². The van der Waals surface area contributed by atoms with Gasteiger partial charge in [-0.15, -0.1) is 0 Å². The first-order chi connectivity index (χ1) is 7.54. The second-order valence-electron chi connectivity index (χ2n) is 3.46. The summed E-state index contributed by atoms with van der Waals surface area (Å²) in [5, 5.41) is 8.68. The number of aliphatic hydroxyl groups is 1. The van der Waals surface area contributed by atoms with Crippen LogP contribution in [0.2, 0.25) is 0 Å². The summed E-state index contributed by atoms with van der Waals surface area (Å²) in [7, 11) is 1.62. The molecule has 16 heavy (non-hydrogen) atoms. The van der Waals surface area contributed by atoms with E-state index < -0.39 is 0 Å². The van der Waals surface area contributed by atoms with Crippen LogP contribution in [0.4, 0.5) is 4.39 Å². The van der Waals surface area contributed by atoms with Crippen LogP contribution in [0.25, 0.3) is 0 Å². The van der Waals surface area contributed by atoms with Crippen molar-refractivity contribution >= 4 is 21.8 Å². The van der Waals surface area contributed by atoms with Crippen molar-refractivity contribution in [3.63, 3.8) is 0 Å². The van der Waals surface area contributed by atoms with Crippen molar-refractivity contribution in [2.24, 2.45) is 0 Å². The van der Waals surface area contributed by atoms with Crippen molar-refractivity contribution in [1.29, 1.82) is 0 Å². The van der Waals surface area contributed by atoms with Crippen LogP contribution >= 0.6 is 15.9 Å². The van der Waals surface area contributed by atoms with Gasteiger partial charge in [-0.25, -0.2) is 4.39 Å². The van der Waals surface area contributed by atoms with Gasteiger partial charge >= 0.3 is 0 Å². The minimum absolute atomic E-state index is 0.0602. The van der Waals surface area contributed by atoms with E-state index in [-0.39, 0.29) is 24.8 Å². The average Bonchev–Trinajstić information content (AvgIpc) is 2.24. The smallest absolute Gasteiger partial charge is 0.226 e. The third kappa shape index (κ3) is 3.57. The van der Waals surface area contributed by atoms with E-state index in [1.807, 2.05) is 0 Å². The molecule has 0 heterocycles. The molecule has 1 rings (SSSR count). The Labute approximate surface area is 102 Å². The summed E-state index contributed by atoms with van der Waals surface area (Å²) >= 11 is 3.06. The van der Waals surface area contributed by atoms with E-state index in [0.29, 0.717) is 11.0 Å². The van der Waals surface area contributed by atoms with Crippen LogP contribution in [-0.4, -0.2) is 36.1 Å². The lowest BCUT2D eigenvalue weighted by Gasteiger charge is -2.15. The number of rotatable bonds is 4. The van der Waals surface area contributed by atoms with Gasteiger partial charge in [0.1, 0.15) is 5.82 Å². The van der Waals surface area contributed by atoms with Crippen molar-refractivity contribution in [2.75, 3.05) is 20.2 Å². The molecule has 3 nitrogen and oxygen atoms in total. The Morgan fingerprint density at radius 3 is 2.81 bits per heavy atom. The summed E-state index contributed by atoms with van der Waals surface area (Å²) in [6.07, 6.45) is 0.204. The molecular formula is C11H13BrFNO2. The first-order valence-electron chi connectivity index (χ1n) is 4.83. The van der Waals surface area contributed by atoms with Crippen LogP contribution in [-0.2, 0) is 11.2 Å². The first-order valence-corrected chi connectivity index (χ1v) is 5.62. The normalized spacial score (nSPS) is 10.2. The van der Waals surface area contributed by atoms with Gasteiger partial charge in [0.2, 0.25) is 5.91 Å². The Bertz CT molecular complexity index is 384. The molecule has 0 unspecified atom stereocenters. The number of benzene rings is 1. The van der Waals surface area contributed by atoms with E-state index in [9.17, 15) is 9.18 Å². The number of amides is 1.